The number of hydrogen-bond acceptors (Lipinski definition) is 2. The molecule has 2 amide bonds. The highest BCUT2D eigenvalue weighted by Crippen LogP contribution is 2.25. The van der Waals surface area contributed by atoms with Gasteiger partial charge in [-0.05, 0) is 11.6 Å². The van der Waals surface area contributed by atoms with Crippen molar-refractivity contribution in [2.45, 2.75) is 6.04 Å². The number of nitrogens with zero attached hydrogens (tertiary/aromatic N) is 1. The number of benzene rings is 1. The standard InChI is InChI=1S/C14H13Cl2N3O2/c1-19-10(7-9(15)12(19)16)14(21)18-11(13(17)20)8-5-3-2-4-6-8/h2-7,11H,1H3,(H2,17,20)(H,18,21)/t11-/m0/s1. The summed E-state index contributed by atoms with van der Waals surface area (Å²) in [5.41, 5.74) is 6.20. The molecule has 5 nitrogen and oxygen atoms in total. The minimum Gasteiger partial charge on any atom is -0.368 e. The van der Waals surface area contributed by atoms with Gasteiger partial charge in [-0.15, -0.1) is 0 Å². The Morgan fingerprint density at radius 3 is 2.33 bits per heavy atom. The maximum absolute atomic E-state index is 12.3. The maximum atomic E-state index is 12.3. The van der Waals surface area contributed by atoms with E-state index in [1.54, 1.807) is 37.4 Å². The van der Waals surface area contributed by atoms with Crippen molar-refractivity contribution in [1.29, 1.82) is 0 Å². The summed E-state index contributed by atoms with van der Waals surface area (Å²) in [5, 5.41) is 3.09. The van der Waals surface area contributed by atoms with Gasteiger partial charge < -0.3 is 15.6 Å². The predicted octanol–water partition coefficient (Wildman–Crippen LogP) is 2.29. The summed E-state index contributed by atoms with van der Waals surface area (Å²) < 4.78 is 1.43. The normalized spacial score (nSPS) is 12.0. The summed E-state index contributed by atoms with van der Waals surface area (Å²) in [4.78, 5) is 23.8. The van der Waals surface area contributed by atoms with Gasteiger partial charge in [-0.25, -0.2) is 0 Å². The third-order valence-corrected chi connectivity index (χ3v) is 3.88. The summed E-state index contributed by atoms with van der Waals surface area (Å²) in [6.07, 6.45) is 0. The first-order valence-electron chi connectivity index (χ1n) is 6.07. The molecule has 0 saturated carbocycles. The van der Waals surface area contributed by atoms with Crippen LogP contribution in [0.15, 0.2) is 36.4 Å². The lowest BCUT2D eigenvalue weighted by molar-refractivity contribution is -0.120. The molecule has 0 saturated heterocycles. The number of halogens is 2. The monoisotopic (exact) mass is 325 g/mol. The van der Waals surface area contributed by atoms with E-state index >= 15 is 0 Å². The molecule has 1 aromatic heterocycles. The van der Waals surface area contributed by atoms with Crippen molar-refractivity contribution in [2.75, 3.05) is 0 Å². The molecular weight excluding hydrogens is 313 g/mol. The van der Waals surface area contributed by atoms with Crippen molar-refractivity contribution in [2.24, 2.45) is 12.8 Å². The minimum absolute atomic E-state index is 0.243. The fourth-order valence-corrected chi connectivity index (χ4v) is 2.31. The fourth-order valence-electron chi connectivity index (χ4n) is 1.93. The van der Waals surface area contributed by atoms with E-state index in [-0.39, 0.29) is 15.9 Å². The van der Waals surface area contributed by atoms with Crippen LogP contribution in [-0.2, 0) is 11.8 Å². The first-order valence-corrected chi connectivity index (χ1v) is 6.83. The molecule has 1 heterocycles. The van der Waals surface area contributed by atoms with Crippen LogP contribution in [0.3, 0.4) is 0 Å². The molecule has 0 radical (unpaired) electrons. The Bertz CT molecular complexity index is 683. The average Bonchev–Trinajstić information content (AvgIpc) is 2.73. The van der Waals surface area contributed by atoms with Crippen molar-refractivity contribution in [1.82, 2.24) is 9.88 Å². The molecule has 3 N–H and O–H groups in total. The van der Waals surface area contributed by atoms with Crippen molar-refractivity contribution in [3.8, 4) is 0 Å². The van der Waals surface area contributed by atoms with Crippen LogP contribution in [0.25, 0.3) is 0 Å². The van der Waals surface area contributed by atoms with E-state index in [0.29, 0.717) is 5.56 Å². The number of rotatable bonds is 4. The fraction of sp³-hybridized carbons (Fsp3) is 0.143. The number of amides is 2. The summed E-state index contributed by atoms with van der Waals surface area (Å²) in [6.45, 7) is 0. The number of hydrogen-bond donors (Lipinski definition) is 2. The van der Waals surface area contributed by atoms with E-state index in [4.69, 9.17) is 28.9 Å². The molecule has 2 aromatic rings. The number of primary amides is 1. The zero-order valence-corrected chi connectivity index (χ0v) is 12.7. The van der Waals surface area contributed by atoms with Gasteiger partial charge in [-0.3, -0.25) is 9.59 Å². The highest BCUT2D eigenvalue weighted by Gasteiger charge is 2.23. The molecule has 0 aliphatic rings. The molecule has 7 heteroatoms. The predicted molar refractivity (Wildman–Crippen MR) is 81.3 cm³/mol. The lowest BCUT2D eigenvalue weighted by Gasteiger charge is -2.16. The molecule has 0 bridgehead atoms. The third kappa shape index (κ3) is 3.20. The average molecular weight is 326 g/mol. The molecule has 0 aliphatic heterocycles. The van der Waals surface area contributed by atoms with E-state index < -0.39 is 17.9 Å². The summed E-state index contributed by atoms with van der Waals surface area (Å²) in [5.74, 6) is -1.14. The van der Waals surface area contributed by atoms with E-state index in [9.17, 15) is 9.59 Å². The zero-order valence-electron chi connectivity index (χ0n) is 11.1. The molecule has 110 valence electrons. The Labute approximate surface area is 131 Å². The van der Waals surface area contributed by atoms with Gasteiger partial charge in [0.15, 0.2) is 0 Å². The molecular formula is C14H13Cl2N3O2. The van der Waals surface area contributed by atoms with Crippen LogP contribution < -0.4 is 11.1 Å². The Balaban J connectivity index is 2.27. The Kier molecular flexibility index (Phi) is 4.55. The molecule has 0 aliphatic carbocycles. The third-order valence-electron chi connectivity index (χ3n) is 3.04. The largest absolute Gasteiger partial charge is 0.368 e. The molecule has 0 spiro atoms. The van der Waals surface area contributed by atoms with E-state index in [1.807, 2.05) is 0 Å². The topological polar surface area (TPSA) is 77.1 Å². The number of aromatic nitrogens is 1. The number of nitrogens with two attached hydrogens (primary N) is 1. The van der Waals surface area contributed by atoms with Gasteiger partial charge in [-0.2, -0.15) is 0 Å². The Morgan fingerprint density at radius 2 is 1.86 bits per heavy atom. The molecule has 1 aromatic carbocycles. The van der Waals surface area contributed by atoms with Crippen molar-refractivity contribution in [3.63, 3.8) is 0 Å². The highest BCUT2D eigenvalue weighted by molar-refractivity contribution is 6.41. The van der Waals surface area contributed by atoms with Crippen LogP contribution in [-0.4, -0.2) is 16.4 Å². The lowest BCUT2D eigenvalue weighted by atomic mass is 10.1. The Hall–Kier alpha value is -1.98. The number of carbonyl (C=O) groups is 2. The minimum atomic E-state index is -0.925. The molecule has 0 fully saturated rings. The van der Waals surface area contributed by atoms with Crippen LogP contribution in [0.1, 0.15) is 22.1 Å². The van der Waals surface area contributed by atoms with Gasteiger partial charge in [0.2, 0.25) is 5.91 Å². The quantitative estimate of drug-likeness (QED) is 0.904. The van der Waals surface area contributed by atoms with Crippen LogP contribution in [0, 0.1) is 0 Å². The molecule has 0 unspecified atom stereocenters. The second kappa shape index (κ2) is 6.20. The van der Waals surface area contributed by atoms with Crippen LogP contribution in [0.5, 0.6) is 0 Å². The SMILES string of the molecule is Cn1c(C(=O)N[C@H](C(N)=O)c2ccccc2)cc(Cl)c1Cl. The van der Waals surface area contributed by atoms with Crippen molar-refractivity contribution >= 4 is 35.0 Å². The van der Waals surface area contributed by atoms with Gasteiger partial charge in [-0.1, -0.05) is 53.5 Å². The van der Waals surface area contributed by atoms with Crippen molar-refractivity contribution in [3.05, 3.63) is 57.8 Å². The first kappa shape index (κ1) is 15.4. The van der Waals surface area contributed by atoms with Crippen molar-refractivity contribution < 1.29 is 9.59 Å². The highest BCUT2D eigenvalue weighted by atomic mass is 35.5. The molecule has 1 atom stereocenters. The molecule has 21 heavy (non-hydrogen) atoms. The van der Waals surface area contributed by atoms with Gasteiger partial charge in [0.05, 0.1) is 5.02 Å². The lowest BCUT2D eigenvalue weighted by Crippen LogP contribution is -2.38. The van der Waals surface area contributed by atoms with E-state index in [1.165, 1.54) is 10.6 Å². The van der Waals surface area contributed by atoms with Gasteiger partial charge >= 0.3 is 0 Å². The summed E-state index contributed by atoms with van der Waals surface area (Å²) in [6, 6.07) is 9.25. The second-order valence-electron chi connectivity index (χ2n) is 4.45. The maximum Gasteiger partial charge on any atom is 0.268 e. The smallest absolute Gasteiger partial charge is 0.268 e. The zero-order chi connectivity index (χ0) is 15.6. The van der Waals surface area contributed by atoms with Crippen LogP contribution in [0.4, 0.5) is 0 Å². The number of nitrogens with one attached hydrogen (secondary N) is 1. The van der Waals surface area contributed by atoms with E-state index in [2.05, 4.69) is 5.32 Å². The first-order chi connectivity index (χ1) is 9.91. The second-order valence-corrected chi connectivity index (χ2v) is 5.21. The number of carbonyl (C=O) groups excluding carboxylic acids is 2. The van der Waals surface area contributed by atoms with Gasteiger partial charge in [0, 0.05) is 7.05 Å². The van der Waals surface area contributed by atoms with Gasteiger partial charge in [0.25, 0.3) is 5.91 Å². The van der Waals surface area contributed by atoms with Gasteiger partial charge in [0.1, 0.15) is 16.9 Å². The Morgan fingerprint density at radius 1 is 1.24 bits per heavy atom. The molecule has 2 rings (SSSR count). The van der Waals surface area contributed by atoms with Crippen LogP contribution >= 0.6 is 23.2 Å². The summed E-state index contributed by atoms with van der Waals surface area (Å²) >= 11 is 11.8. The van der Waals surface area contributed by atoms with Crippen LogP contribution in [0.2, 0.25) is 10.2 Å². The summed E-state index contributed by atoms with van der Waals surface area (Å²) in [7, 11) is 1.60. The van der Waals surface area contributed by atoms with E-state index in [0.717, 1.165) is 0 Å².